The van der Waals surface area contributed by atoms with Gasteiger partial charge in [0, 0.05) is 0 Å². The zero-order valence-electron chi connectivity index (χ0n) is 11.4. The summed E-state index contributed by atoms with van der Waals surface area (Å²) in [6, 6.07) is 5.45. The molecule has 6 nitrogen and oxygen atoms in total. The summed E-state index contributed by atoms with van der Waals surface area (Å²) in [5.41, 5.74) is -1.15. The fourth-order valence-corrected chi connectivity index (χ4v) is 1.49. The second-order valence-corrected chi connectivity index (χ2v) is 4.76. The van der Waals surface area contributed by atoms with Crippen molar-refractivity contribution in [3.05, 3.63) is 35.9 Å². The lowest BCUT2D eigenvalue weighted by Gasteiger charge is -2.24. The second kappa shape index (κ2) is 5.28. The normalized spacial score (nSPS) is 11.2. The molecule has 1 aromatic carbocycles. The van der Waals surface area contributed by atoms with Crippen LogP contribution >= 0.6 is 0 Å². The van der Waals surface area contributed by atoms with Crippen LogP contribution in [0.3, 0.4) is 0 Å². The Morgan fingerprint density at radius 1 is 1.35 bits per heavy atom. The molecule has 7 heteroatoms. The summed E-state index contributed by atoms with van der Waals surface area (Å²) in [7, 11) is 0. The van der Waals surface area contributed by atoms with Crippen LogP contribution in [0, 0.1) is 12.7 Å². The molecule has 20 heavy (non-hydrogen) atoms. The molecule has 0 unspecified atom stereocenters. The minimum Gasteiger partial charge on any atom is -0.478 e. The van der Waals surface area contributed by atoms with Crippen molar-refractivity contribution >= 4 is 11.9 Å². The van der Waals surface area contributed by atoms with Crippen molar-refractivity contribution in [1.29, 1.82) is 0 Å². The predicted octanol–water partition coefficient (Wildman–Crippen LogP) is 2.05. The summed E-state index contributed by atoms with van der Waals surface area (Å²) in [6.07, 6.45) is 0. The number of halogens is 1. The monoisotopic (exact) mass is 278 g/mol. The van der Waals surface area contributed by atoms with Crippen molar-refractivity contribution < 1.29 is 13.9 Å². The fraction of sp³-hybridized carbons (Fsp3) is 0.308. The van der Waals surface area contributed by atoms with Gasteiger partial charge in [-0.15, -0.1) is 5.10 Å². The number of hydrogen-bond acceptors (Lipinski definition) is 4. The first-order valence-corrected chi connectivity index (χ1v) is 6.02. The molecule has 0 aliphatic carbocycles. The summed E-state index contributed by atoms with van der Waals surface area (Å²) in [5.74, 6) is 0.412. The van der Waals surface area contributed by atoms with Gasteiger partial charge in [-0.25, -0.2) is 4.39 Å². The highest BCUT2D eigenvalue weighted by Gasteiger charge is 2.30. The molecule has 1 aromatic heterocycles. The number of aromatic nitrogens is 3. The Balaban J connectivity index is 2.05. The molecule has 106 valence electrons. The van der Waals surface area contributed by atoms with Gasteiger partial charge < -0.3 is 4.74 Å². The quantitative estimate of drug-likeness (QED) is 0.897. The van der Waals surface area contributed by atoms with Crippen molar-refractivity contribution in [2.24, 2.45) is 0 Å². The average molecular weight is 278 g/mol. The van der Waals surface area contributed by atoms with E-state index in [-0.39, 0.29) is 11.8 Å². The van der Waals surface area contributed by atoms with E-state index in [1.807, 2.05) is 0 Å². The van der Waals surface area contributed by atoms with Crippen molar-refractivity contribution in [2.75, 3.05) is 5.32 Å². The number of anilines is 1. The highest BCUT2D eigenvalue weighted by atomic mass is 19.1. The third-order valence-corrected chi connectivity index (χ3v) is 2.56. The number of H-pyrrole nitrogens is 1. The number of ether oxygens (including phenoxy) is 1. The number of carbonyl (C=O) groups is 1. The summed E-state index contributed by atoms with van der Waals surface area (Å²) in [6.45, 7) is 4.93. The van der Waals surface area contributed by atoms with Crippen LogP contribution in [-0.4, -0.2) is 26.7 Å². The molecular formula is C13H15FN4O2. The van der Waals surface area contributed by atoms with E-state index in [2.05, 4.69) is 20.5 Å². The first-order valence-electron chi connectivity index (χ1n) is 6.02. The van der Waals surface area contributed by atoms with Gasteiger partial charge in [0.25, 0.3) is 5.91 Å². The fourth-order valence-electron chi connectivity index (χ4n) is 1.49. The van der Waals surface area contributed by atoms with Gasteiger partial charge in [0.05, 0.1) is 0 Å². The van der Waals surface area contributed by atoms with Crippen LogP contribution in [0.4, 0.5) is 10.3 Å². The highest BCUT2D eigenvalue weighted by molar-refractivity contribution is 5.95. The Morgan fingerprint density at radius 2 is 2.00 bits per heavy atom. The highest BCUT2D eigenvalue weighted by Crippen LogP contribution is 2.19. The van der Waals surface area contributed by atoms with E-state index in [0.29, 0.717) is 11.6 Å². The third-order valence-electron chi connectivity index (χ3n) is 2.56. The van der Waals surface area contributed by atoms with Crippen LogP contribution in [0.2, 0.25) is 0 Å². The molecule has 1 heterocycles. The molecule has 0 atom stereocenters. The Hall–Kier alpha value is -2.44. The van der Waals surface area contributed by atoms with Crippen LogP contribution < -0.4 is 10.1 Å². The van der Waals surface area contributed by atoms with Crippen LogP contribution in [0.1, 0.15) is 19.7 Å². The lowest BCUT2D eigenvalue weighted by molar-refractivity contribution is -0.128. The molecule has 0 saturated heterocycles. The van der Waals surface area contributed by atoms with Crippen LogP contribution in [-0.2, 0) is 4.79 Å². The zero-order valence-corrected chi connectivity index (χ0v) is 11.4. The van der Waals surface area contributed by atoms with Gasteiger partial charge in [-0.3, -0.25) is 15.2 Å². The molecule has 0 fully saturated rings. The van der Waals surface area contributed by atoms with E-state index < -0.39 is 11.5 Å². The summed E-state index contributed by atoms with van der Waals surface area (Å²) in [4.78, 5) is 16.1. The lowest BCUT2D eigenvalue weighted by atomic mass is 10.1. The zero-order chi connectivity index (χ0) is 14.8. The smallest absolute Gasteiger partial charge is 0.270 e. The maximum atomic E-state index is 12.8. The first-order chi connectivity index (χ1) is 9.37. The number of carbonyl (C=O) groups excluding carboxylic acids is 1. The molecule has 0 radical (unpaired) electrons. The SMILES string of the molecule is Cc1nc(NC(=O)C(C)(C)Oc2ccc(F)cc2)n[nH]1. The van der Waals surface area contributed by atoms with Crippen LogP contribution in [0.25, 0.3) is 0 Å². The van der Waals surface area contributed by atoms with Crippen molar-refractivity contribution in [3.8, 4) is 5.75 Å². The average Bonchev–Trinajstić information content (AvgIpc) is 2.77. The van der Waals surface area contributed by atoms with Gasteiger partial charge in [0.2, 0.25) is 5.95 Å². The van der Waals surface area contributed by atoms with Gasteiger partial charge in [0.1, 0.15) is 17.4 Å². The first kappa shape index (κ1) is 14.0. The number of aryl methyl sites for hydroxylation is 1. The van der Waals surface area contributed by atoms with Crippen molar-refractivity contribution in [2.45, 2.75) is 26.4 Å². The molecule has 1 amide bonds. The van der Waals surface area contributed by atoms with Gasteiger partial charge in [0.15, 0.2) is 5.60 Å². The molecule has 0 bridgehead atoms. The van der Waals surface area contributed by atoms with E-state index in [0.717, 1.165) is 0 Å². The minimum atomic E-state index is -1.15. The minimum absolute atomic E-state index is 0.184. The summed E-state index contributed by atoms with van der Waals surface area (Å²) in [5, 5.41) is 8.98. The molecule has 2 N–H and O–H groups in total. The Morgan fingerprint density at radius 3 is 2.55 bits per heavy atom. The maximum Gasteiger partial charge on any atom is 0.270 e. The molecular weight excluding hydrogens is 263 g/mol. The van der Waals surface area contributed by atoms with Gasteiger partial charge in [-0.2, -0.15) is 4.98 Å². The molecule has 0 spiro atoms. The maximum absolute atomic E-state index is 12.8. The van der Waals surface area contributed by atoms with E-state index in [9.17, 15) is 9.18 Å². The number of nitrogens with zero attached hydrogens (tertiary/aromatic N) is 2. The number of rotatable bonds is 4. The third kappa shape index (κ3) is 3.31. The standard InChI is InChI=1S/C13H15FN4O2/c1-8-15-12(18-17-8)16-11(19)13(2,3)20-10-6-4-9(14)5-7-10/h4-7H,1-3H3,(H2,15,16,17,18,19). The lowest BCUT2D eigenvalue weighted by Crippen LogP contribution is -2.42. The summed E-state index contributed by atoms with van der Waals surface area (Å²) >= 11 is 0. The molecule has 0 aliphatic heterocycles. The van der Waals surface area contributed by atoms with Crippen LogP contribution in [0.5, 0.6) is 5.75 Å². The van der Waals surface area contributed by atoms with E-state index in [1.54, 1.807) is 20.8 Å². The largest absolute Gasteiger partial charge is 0.478 e. The van der Waals surface area contributed by atoms with Gasteiger partial charge in [-0.05, 0) is 45.0 Å². The molecule has 2 aromatic rings. The van der Waals surface area contributed by atoms with Crippen LogP contribution in [0.15, 0.2) is 24.3 Å². The molecule has 0 saturated carbocycles. The van der Waals surface area contributed by atoms with E-state index >= 15 is 0 Å². The number of amides is 1. The van der Waals surface area contributed by atoms with Crippen molar-refractivity contribution in [1.82, 2.24) is 15.2 Å². The number of aromatic amines is 1. The topological polar surface area (TPSA) is 79.9 Å². The molecule has 0 aliphatic rings. The Labute approximate surface area is 115 Å². The number of nitrogens with one attached hydrogen (secondary N) is 2. The van der Waals surface area contributed by atoms with Gasteiger partial charge in [-0.1, -0.05) is 0 Å². The van der Waals surface area contributed by atoms with Gasteiger partial charge >= 0.3 is 0 Å². The van der Waals surface area contributed by atoms with E-state index in [1.165, 1.54) is 24.3 Å². The van der Waals surface area contributed by atoms with E-state index in [4.69, 9.17) is 4.74 Å². The Bertz CT molecular complexity index is 607. The Kier molecular flexibility index (Phi) is 3.69. The predicted molar refractivity (Wildman–Crippen MR) is 70.9 cm³/mol. The molecule has 2 rings (SSSR count). The number of benzene rings is 1. The second-order valence-electron chi connectivity index (χ2n) is 4.76. The number of hydrogen-bond donors (Lipinski definition) is 2. The summed E-state index contributed by atoms with van der Waals surface area (Å²) < 4.78 is 18.4. The van der Waals surface area contributed by atoms with Crippen molar-refractivity contribution in [3.63, 3.8) is 0 Å².